The molecule has 1 unspecified atom stereocenters. The van der Waals surface area contributed by atoms with E-state index < -0.39 is 0 Å². The number of aliphatic hydroxyl groups excluding tert-OH is 1. The summed E-state index contributed by atoms with van der Waals surface area (Å²) in [5, 5.41) is 15.1. The molecular weight excluding hydrogens is 330 g/mol. The number of carbonyl (C=O) groups is 1. The van der Waals surface area contributed by atoms with E-state index in [0.717, 1.165) is 29.1 Å². The molecule has 120 valence electrons. The first-order chi connectivity index (χ1) is 11.2. The highest BCUT2D eigenvalue weighted by atomic mass is 32.1. The maximum absolute atomic E-state index is 12.7. The summed E-state index contributed by atoms with van der Waals surface area (Å²) in [4.78, 5) is 19.5. The third-order valence-electron chi connectivity index (χ3n) is 4.69. The van der Waals surface area contributed by atoms with Gasteiger partial charge in [-0.2, -0.15) is 0 Å². The van der Waals surface area contributed by atoms with Gasteiger partial charge in [-0.1, -0.05) is 23.8 Å². The minimum Gasteiger partial charge on any atom is -0.396 e. The van der Waals surface area contributed by atoms with Crippen LogP contribution in [0.5, 0.6) is 0 Å². The number of aliphatic hydroxyl groups is 1. The molecule has 2 N–H and O–H groups in total. The first-order valence-electron chi connectivity index (χ1n) is 7.59. The predicted octanol–water partition coefficient (Wildman–Crippen LogP) is 3.09. The van der Waals surface area contributed by atoms with Crippen molar-refractivity contribution in [1.82, 2.24) is 14.7 Å². The van der Waals surface area contributed by atoms with Crippen LogP contribution in [-0.2, 0) is 0 Å². The molecular formula is C16H17N3O2S2. The average Bonchev–Trinajstić information content (AvgIpc) is 3.21. The van der Waals surface area contributed by atoms with Gasteiger partial charge in [0.15, 0.2) is 4.96 Å². The van der Waals surface area contributed by atoms with Crippen molar-refractivity contribution < 1.29 is 9.90 Å². The van der Waals surface area contributed by atoms with E-state index in [4.69, 9.17) is 0 Å². The number of aromatic nitrogens is 2. The zero-order valence-corrected chi connectivity index (χ0v) is 14.1. The van der Waals surface area contributed by atoms with Crippen molar-refractivity contribution in [2.45, 2.75) is 25.3 Å². The Kier molecular flexibility index (Phi) is 3.71. The van der Waals surface area contributed by atoms with Gasteiger partial charge in [0, 0.05) is 28.9 Å². The number of rotatable bonds is 5. The molecule has 0 bridgehead atoms. The Balaban J connectivity index is 1.62. The third-order valence-corrected chi connectivity index (χ3v) is 6.64. The largest absolute Gasteiger partial charge is 0.396 e. The highest BCUT2D eigenvalue weighted by Gasteiger charge is 2.45. The van der Waals surface area contributed by atoms with E-state index in [1.54, 1.807) is 23.7 Å². The van der Waals surface area contributed by atoms with E-state index in [0.29, 0.717) is 4.88 Å². The lowest BCUT2D eigenvalue weighted by molar-refractivity contribution is 0.00717. The van der Waals surface area contributed by atoms with Gasteiger partial charge in [-0.05, 0) is 24.3 Å². The van der Waals surface area contributed by atoms with E-state index in [1.807, 2.05) is 28.1 Å². The molecule has 3 aromatic rings. The second-order valence-electron chi connectivity index (χ2n) is 6.01. The Bertz CT molecular complexity index is 783. The van der Waals surface area contributed by atoms with Crippen LogP contribution >= 0.6 is 22.7 Å². The first-order valence-corrected chi connectivity index (χ1v) is 9.29. The number of nitrogens with zero attached hydrogens (tertiary/aromatic N) is 2. The fraction of sp³-hybridized carbons (Fsp3) is 0.375. The molecule has 0 saturated heterocycles. The van der Waals surface area contributed by atoms with Crippen molar-refractivity contribution in [2.75, 3.05) is 6.61 Å². The van der Waals surface area contributed by atoms with Gasteiger partial charge in [-0.15, -0.1) is 11.3 Å². The number of hydrogen-bond donors (Lipinski definition) is 2. The molecule has 1 atom stereocenters. The van der Waals surface area contributed by atoms with Crippen molar-refractivity contribution >= 4 is 33.5 Å². The monoisotopic (exact) mass is 347 g/mol. The number of imidazole rings is 1. The number of thiophene rings is 1. The maximum atomic E-state index is 12.7. The van der Waals surface area contributed by atoms with Crippen LogP contribution in [0.2, 0.25) is 0 Å². The summed E-state index contributed by atoms with van der Waals surface area (Å²) < 4.78 is 1.85. The summed E-state index contributed by atoms with van der Waals surface area (Å²) in [5.74, 6) is -0.0985. The Morgan fingerprint density at radius 3 is 3.00 bits per heavy atom. The summed E-state index contributed by atoms with van der Waals surface area (Å²) in [5.41, 5.74) is -0.224. The molecule has 3 aromatic heterocycles. The molecule has 0 aromatic carbocycles. The van der Waals surface area contributed by atoms with Gasteiger partial charge >= 0.3 is 0 Å². The van der Waals surface area contributed by atoms with E-state index in [1.165, 1.54) is 11.3 Å². The van der Waals surface area contributed by atoms with Crippen LogP contribution < -0.4 is 5.32 Å². The highest BCUT2D eigenvalue weighted by Crippen LogP contribution is 2.50. The normalized spacial score (nSPS) is 17.8. The van der Waals surface area contributed by atoms with Gasteiger partial charge in [0.1, 0.15) is 4.88 Å². The van der Waals surface area contributed by atoms with E-state index >= 15 is 0 Å². The fourth-order valence-electron chi connectivity index (χ4n) is 3.19. The molecule has 1 fully saturated rings. The standard InChI is InChI=1S/C16H17N3O2S2/c20-10-16(4-2-5-16)13(11-3-1-8-22-11)18-14(21)12-9-19-7-6-17-15(19)23-12/h1,3,6-9,13,20H,2,4-5,10H2,(H,18,21). The molecule has 0 aliphatic heterocycles. The topological polar surface area (TPSA) is 66.6 Å². The molecule has 5 nitrogen and oxygen atoms in total. The lowest BCUT2D eigenvalue weighted by Crippen LogP contribution is -2.47. The molecule has 0 spiro atoms. The number of amides is 1. The van der Waals surface area contributed by atoms with Crippen molar-refractivity contribution in [3.8, 4) is 0 Å². The number of carbonyl (C=O) groups excluding carboxylic acids is 1. The Morgan fingerprint density at radius 2 is 2.39 bits per heavy atom. The number of thiazole rings is 1. The zero-order chi connectivity index (χ0) is 15.9. The second kappa shape index (κ2) is 5.74. The summed E-state index contributed by atoms with van der Waals surface area (Å²) in [7, 11) is 0. The molecule has 1 saturated carbocycles. The minimum atomic E-state index is -0.224. The second-order valence-corrected chi connectivity index (χ2v) is 8.00. The summed E-state index contributed by atoms with van der Waals surface area (Å²) in [6, 6.07) is 3.89. The van der Waals surface area contributed by atoms with Crippen molar-refractivity contribution in [3.05, 3.63) is 45.9 Å². The van der Waals surface area contributed by atoms with Crippen molar-refractivity contribution in [3.63, 3.8) is 0 Å². The molecule has 1 amide bonds. The van der Waals surface area contributed by atoms with Crippen LogP contribution in [-0.4, -0.2) is 27.0 Å². The van der Waals surface area contributed by atoms with Crippen molar-refractivity contribution in [2.24, 2.45) is 5.41 Å². The first kappa shape index (κ1) is 14.9. The Hall–Kier alpha value is -1.70. The minimum absolute atomic E-state index is 0.0985. The predicted molar refractivity (Wildman–Crippen MR) is 91.0 cm³/mol. The molecule has 1 aliphatic carbocycles. The van der Waals surface area contributed by atoms with Crippen LogP contribution in [0.15, 0.2) is 36.1 Å². The Labute approximate surface area is 141 Å². The highest BCUT2D eigenvalue weighted by molar-refractivity contribution is 7.18. The van der Waals surface area contributed by atoms with Gasteiger partial charge in [0.05, 0.1) is 12.6 Å². The molecule has 7 heteroatoms. The number of fused-ring (bicyclic) bond motifs is 1. The van der Waals surface area contributed by atoms with Gasteiger partial charge < -0.3 is 10.4 Å². The SMILES string of the molecule is O=C(NC(c1cccs1)C1(CO)CCC1)c1cn2ccnc2s1. The third kappa shape index (κ3) is 2.49. The van der Waals surface area contributed by atoms with E-state index in [2.05, 4.69) is 10.3 Å². The maximum Gasteiger partial charge on any atom is 0.263 e. The quantitative estimate of drug-likeness (QED) is 0.745. The molecule has 4 rings (SSSR count). The lowest BCUT2D eigenvalue weighted by Gasteiger charge is -2.46. The lowest BCUT2D eigenvalue weighted by atomic mass is 9.64. The molecule has 1 aliphatic rings. The van der Waals surface area contributed by atoms with Crippen molar-refractivity contribution in [1.29, 1.82) is 0 Å². The summed E-state index contributed by atoms with van der Waals surface area (Å²) >= 11 is 3.00. The average molecular weight is 347 g/mol. The smallest absolute Gasteiger partial charge is 0.263 e. The van der Waals surface area contributed by atoms with Gasteiger partial charge in [0.2, 0.25) is 0 Å². The molecule has 0 radical (unpaired) electrons. The summed E-state index contributed by atoms with van der Waals surface area (Å²) in [6.45, 7) is 0.101. The Morgan fingerprint density at radius 1 is 1.52 bits per heavy atom. The summed E-state index contributed by atoms with van der Waals surface area (Å²) in [6.07, 6.45) is 8.35. The molecule has 3 heterocycles. The fourth-order valence-corrected chi connectivity index (χ4v) is 4.95. The van der Waals surface area contributed by atoms with Gasteiger partial charge in [0.25, 0.3) is 5.91 Å². The van der Waals surface area contributed by atoms with Crippen LogP contribution in [0.1, 0.15) is 39.9 Å². The van der Waals surface area contributed by atoms with E-state index in [9.17, 15) is 9.90 Å². The van der Waals surface area contributed by atoms with E-state index in [-0.39, 0.29) is 24.0 Å². The van der Waals surface area contributed by atoms with Crippen LogP contribution in [0, 0.1) is 5.41 Å². The van der Waals surface area contributed by atoms with Gasteiger partial charge in [-0.25, -0.2) is 4.98 Å². The number of nitrogens with one attached hydrogen (secondary N) is 1. The zero-order valence-electron chi connectivity index (χ0n) is 12.4. The van der Waals surface area contributed by atoms with Crippen LogP contribution in [0.4, 0.5) is 0 Å². The van der Waals surface area contributed by atoms with Crippen LogP contribution in [0.3, 0.4) is 0 Å². The van der Waals surface area contributed by atoms with Gasteiger partial charge in [-0.3, -0.25) is 9.20 Å². The van der Waals surface area contributed by atoms with Crippen LogP contribution in [0.25, 0.3) is 4.96 Å². The molecule has 23 heavy (non-hydrogen) atoms. The number of hydrogen-bond acceptors (Lipinski definition) is 5.